The lowest BCUT2D eigenvalue weighted by Gasteiger charge is -2.35. The topological polar surface area (TPSA) is 66.7 Å². The SMILES string of the molecule is CCC(=O)N1CCN(c2cc(Cl)c(C(F)(F)F)cc2[N+](=O)[O-])CC1. The number of benzene rings is 1. The average Bonchev–Trinajstić information content (AvgIpc) is 2.52. The van der Waals surface area contributed by atoms with Gasteiger partial charge in [-0.15, -0.1) is 0 Å². The maximum atomic E-state index is 12.9. The van der Waals surface area contributed by atoms with Crippen molar-refractivity contribution >= 4 is 28.9 Å². The number of carbonyl (C=O) groups excluding carboxylic acids is 1. The zero-order chi connectivity index (χ0) is 18.1. The molecule has 2 rings (SSSR count). The number of alkyl halides is 3. The fourth-order valence-electron chi connectivity index (χ4n) is 2.59. The highest BCUT2D eigenvalue weighted by Gasteiger charge is 2.37. The second-order valence-corrected chi connectivity index (χ2v) is 5.70. The van der Waals surface area contributed by atoms with Crippen LogP contribution in [0.2, 0.25) is 5.02 Å². The van der Waals surface area contributed by atoms with E-state index in [9.17, 15) is 28.1 Å². The summed E-state index contributed by atoms with van der Waals surface area (Å²) in [4.78, 5) is 25.2. The van der Waals surface area contributed by atoms with Gasteiger partial charge in [-0.25, -0.2) is 0 Å². The van der Waals surface area contributed by atoms with Gasteiger partial charge in [0.2, 0.25) is 5.91 Å². The van der Waals surface area contributed by atoms with Gasteiger partial charge in [0, 0.05) is 38.7 Å². The molecule has 6 nitrogen and oxygen atoms in total. The average molecular weight is 366 g/mol. The van der Waals surface area contributed by atoms with Crippen LogP contribution in [0, 0.1) is 10.1 Å². The first-order chi connectivity index (χ1) is 11.1. The van der Waals surface area contributed by atoms with Crippen LogP contribution < -0.4 is 4.90 Å². The molecule has 1 heterocycles. The number of nitro benzene ring substituents is 1. The molecule has 10 heteroatoms. The minimum Gasteiger partial charge on any atom is -0.362 e. The Morgan fingerprint density at radius 3 is 2.33 bits per heavy atom. The van der Waals surface area contributed by atoms with Crippen molar-refractivity contribution in [2.75, 3.05) is 31.1 Å². The molecular weight excluding hydrogens is 351 g/mol. The molecule has 1 aliphatic heterocycles. The Morgan fingerprint density at radius 1 is 1.29 bits per heavy atom. The van der Waals surface area contributed by atoms with E-state index in [1.54, 1.807) is 16.7 Å². The lowest BCUT2D eigenvalue weighted by atomic mass is 10.1. The van der Waals surface area contributed by atoms with Crippen molar-refractivity contribution in [3.05, 3.63) is 32.8 Å². The highest BCUT2D eigenvalue weighted by Crippen LogP contribution is 2.41. The Morgan fingerprint density at radius 2 is 1.88 bits per heavy atom. The zero-order valence-electron chi connectivity index (χ0n) is 12.8. The van der Waals surface area contributed by atoms with E-state index >= 15 is 0 Å². The van der Waals surface area contributed by atoms with E-state index in [0.717, 1.165) is 6.07 Å². The second-order valence-electron chi connectivity index (χ2n) is 5.30. The summed E-state index contributed by atoms with van der Waals surface area (Å²) in [6.45, 7) is 3.00. The molecule has 1 aliphatic rings. The minimum atomic E-state index is -4.77. The molecule has 1 aromatic rings. The van der Waals surface area contributed by atoms with Crippen molar-refractivity contribution in [1.82, 2.24) is 4.90 Å². The first-order valence-electron chi connectivity index (χ1n) is 7.23. The summed E-state index contributed by atoms with van der Waals surface area (Å²) in [6, 6.07) is 1.43. The fraction of sp³-hybridized carbons (Fsp3) is 0.500. The van der Waals surface area contributed by atoms with E-state index in [1.165, 1.54) is 0 Å². The van der Waals surface area contributed by atoms with Gasteiger partial charge in [-0.2, -0.15) is 13.2 Å². The summed E-state index contributed by atoms with van der Waals surface area (Å²) in [5.41, 5.74) is -1.86. The van der Waals surface area contributed by atoms with Crippen molar-refractivity contribution in [2.24, 2.45) is 0 Å². The van der Waals surface area contributed by atoms with Crippen LogP contribution in [0.1, 0.15) is 18.9 Å². The van der Waals surface area contributed by atoms with E-state index < -0.39 is 27.4 Å². The van der Waals surface area contributed by atoms with E-state index in [0.29, 0.717) is 25.6 Å². The van der Waals surface area contributed by atoms with Gasteiger partial charge in [-0.1, -0.05) is 18.5 Å². The van der Waals surface area contributed by atoms with Crippen molar-refractivity contribution in [3.8, 4) is 0 Å². The maximum Gasteiger partial charge on any atom is 0.418 e. The molecule has 0 atom stereocenters. The van der Waals surface area contributed by atoms with Crippen molar-refractivity contribution in [2.45, 2.75) is 19.5 Å². The third kappa shape index (κ3) is 3.72. The fourth-order valence-corrected chi connectivity index (χ4v) is 2.85. The summed E-state index contributed by atoms with van der Waals surface area (Å²) in [6.07, 6.45) is -4.42. The predicted octanol–water partition coefficient (Wildman–Crippen LogP) is 3.33. The number of carbonyl (C=O) groups is 1. The standard InChI is InChI=1S/C14H15ClF3N3O3/c1-2-13(22)20-5-3-19(4-6-20)11-8-10(15)9(14(16,17)18)7-12(11)21(23)24/h7-8H,2-6H2,1H3. The quantitative estimate of drug-likeness (QED) is 0.608. The Hall–Kier alpha value is -2.03. The Kier molecular flexibility index (Phi) is 5.22. The first-order valence-corrected chi connectivity index (χ1v) is 7.60. The number of hydrogen-bond acceptors (Lipinski definition) is 4. The molecule has 1 amide bonds. The third-order valence-corrected chi connectivity index (χ3v) is 4.15. The van der Waals surface area contributed by atoms with Gasteiger partial charge < -0.3 is 9.80 Å². The number of amides is 1. The third-order valence-electron chi connectivity index (χ3n) is 3.84. The summed E-state index contributed by atoms with van der Waals surface area (Å²) in [5, 5.41) is 10.6. The van der Waals surface area contributed by atoms with Gasteiger partial charge in [0.1, 0.15) is 5.69 Å². The van der Waals surface area contributed by atoms with Crippen molar-refractivity contribution in [1.29, 1.82) is 0 Å². The number of nitro groups is 1. The van der Waals surface area contributed by atoms with E-state index in [2.05, 4.69) is 0 Å². The van der Waals surface area contributed by atoms with Crippen molar-refractivity contribution < 1.29 is 22.9 Å². The number of anilines is 1. The van der Waals surface area contributed by atoms with Crippen LogP contribution in [0.15, 0.2) is 12.1 Å². The van der Waals surface area contributed by atoms with Crippen LogP contribution in [0.25, 0.3) is 0 Å². The van der Waals surface area contributed by atoms with Crippen LogP contribution in [0.5, 0.6) is 0 Å². The second kappa shape index (κ2) is 6.84. The summed E-state index contributed by atoms with van der Waals surface area (Å²) >= 11 is 5.68. The first kappa shape index (κ1) is 18.3. The predicted molar refractivity (Wildman–Crippen MR) is 82.2 cm³/mol. The van der Waals surface area contributed by atoms with Gasteiger partial charge in [-0.3, -0.25) is 14.9 Å². The Bertz CT molecular complexity index is 659. The molecule has 24 heavy (non-hydrogen) atoms. The molecule has 1 saturated heterocycles. The molecule has 0 aliphatic carbocycles. The smallest absolute Gasteiger partial charge is 0.362 e. The van der Waals surface area contributed by atoms with E-state index in [4.69, 9.17) is 11.6 Å². The molecule has 0 spiro atoms. The summed E-state index contributed by atoms with van der Waals surface area (Å²) in [7, 11) is 0. The monoisotopic (exact) mass is 365 g/mol. The van der Waals surface area contributed by atoms with Gasteiger partial charge in [0.25, 0.3) is 5.69 Å². The normalized spacial score (nSPS) is 15.5. The molecule has 0 radical (unpaired) electrons. The summed E-state index contributed by atoms with van der Waals surface area (Å²) < 4.78 is 38.6. The molecule has 1 fully saturated rings. The maximum absolute atomic E-state index is 12.9. The molecule has 0 bridgehead atoms. The minimum absolute atomic E-state index is 0.0293. The highest BCUT2D eigenvalue weighted by atomic mass is 35.5. The lowest BCUT2D eigenvalue weighted by molar-refractivity contribution is -0.384. The molecule has 0 aromatic heterocycles. The van der Waals surface area contributed by atoms with E-state index in [-0.39, 0.29) is 24.7 Å². The van der Waals surface area contributed by atoms with Crippen LogP contribution in [0.3, 0.4) is 0 Å². The number of halogens is 4. The van der Waals surface area contributed by atoms with Gasteiger partial charge in [0.15, 0.2) is 0 Å². The largest absolute Gasteiger partial charge is 0.418 e. The zero-order valence-corrected chi connectivity index (χ0v) is 13.5. The molecule has 0 unspecified atom stereocenters. The molecule has 132 valence electrons. The van der Waals surface area contributed by atoms with Gasteiger partial charge >= 0.3 is 6.18 Å². The lowest BCUT2D eigenvalue weighted by Crippen LogP contribution is -2.48. The number of piperazine rings is 1. The number of rotatable bonds is 3. The Labute approximate surface area is 140 Å². The molecule has 0 N–H and O–H groups in total. The molecular formula is C14H15ClF3N3O3. The summed E-state index contributed by atoms with van der Waals surface area (Å²) in [5.74, 6) is -0.0328. The van der Waals surface area contributed by atoms with Crippen LogP contribution >= 0.6 is 11.6 Å². The Balaban J connectivity index is 2.32. The molecule has 1 aromatic carbocycles. The van der Waals surface area contributed by atoms with Gasteiger partial charge in [0.05, 0.1) is 15.5 Å². The van der Waals surface area contributed by atoms with Gasteiger partial charge in [-0.05, 0) is 6.07 Å². The van der Waals surface area contributed by atoms with Crippen LogP contribution in [0.4, 0.5) is 24.5 Å². The van der Waals surface area contributed by atoms with Crippen LogP contribution in [-0.2, 0) is 11.0 Å². The number of nitrogens with zero attached hydrogens (tertiary/aromatic N) is 3. The molecule has 0 saturated carbocycles. The van der Waals surface area contributed by atoms with Crippen molar-refractivity contribution in [3.63, 3.8) is 0 Å². The number of hydrogen-bond donors (Lipinski definition) is 0. The van der Waals surface area contributed by atoms with E-state index in [1.807, 2.05) is 0 Å². The van der Waals surface area contributed by atoms with Crippen LogP contribution in [-0.4, -0.2) is 41.9 Å². The highest BCUT2D eigenvalue weighted by molar-refractivity contribution is 6.31.